The van der Waals surface area contributed by atoms with Crippen molar-refractivity contribution < 1.29 is 5.11 Å². The molecule has 0 aromatic carbocycles. The first kappa shape index (κ1) is 12.8. The van der Waals surface area contributed by atoms with E-state index in [-0.39, 0.29) is 0 Å². The van der Waals surface area contributed by atoms with Crippen molar-refractivity contribution >= 4 is 23.2 Å². The highest BCUT2D eigenvalue weighted by molar-refractivity contribution is 6.34. The molecule has 0 aliphatic carbocycles. The SMILES string of the molecule is CC(C)CCC(O)c1ncc(Cl)cc1Cl. The lowest BCUT2D eigenvalue weighted by Gasteiger charge is -2.12. The van der Waals surface area contributed by atoms with Gasteiger partial charge in [-0.2, -0.15) is 0 Å². The molecule has 2 nitrogen and oxygen atoms in total. The molecule has 1 atom stereocenters. The average molecular weight is 248 g/mol. The smallest absolute Gasteiger partial charge is 0.0975 e. The van der Waals surface area contributed by atoms with E-state index in [0.717, 1.165) is 6.42 Å². The van der Waals surface area contributed by atoms with E-state index >= 15 is 0 Å². The lowest BCUT2D eigenvalue weighted by Crippen LogP contribution is -2.03. The van der Waals surface area contributed by atoms with Gasteiger partial charge in [0.15, 0.2) is 0 Å². The molecule has 0 bridgehead atoms. The molecule has 4 heteroatoms. The average Bonchev–Trinajstić information content (AvgIpc) is 2.14. The molecule has 0 saturated carbocycles. The number of rotatable bonds is 4. The topological polar surface area (TPSA) is 33.1 Å². The van der Waals surface area contributed by atoms with Gasteiger partial charge >= 0.3 is 0 Å². The molecule has 1 unspecified atom stereocenters. The fraction of sp³-hybridized carbons (Fsp3) is 0.545. The van der Waals surface area contributed by atoms with E-state index < -0.39 is 6.10 Å². The van der Waals surface area contributed by atoms with Crippen molar-refractivity contribution in [2.75, 3.05) is 0 Å². The zero-order chi connectivity index (χ0) is 11.4. The maximum Gasteiger partial charge on any atom is 0.0975 e. The molecule has 1 heterocycles. The zero-order valence-corrected chi connectivity index (χ0v) is 10.4. The van der Waals surface area contributed by atoms with Crippen LogP contribution < -0.4 is 0 Å². The van der Waals surface area contributed by atoms with Gasteiger partial charge in [-0.3, -0.25) is 4.98 Å². The largest absolute Gasteiger partial charge is 0.387 e. The Hall–Kier alpha value is -0.310. The van der Waals surface area contributed by atoms with E-state index in [4.69, 9.17) is 23.2 Å². The summed E-state index contributed by atoms with van der Waals surface area (Å²) in [6.07, 6.45) is 2.52. The van der Waals surface area contributed by atoms with Gasteiger partial charge in [-0.25, -0.2) is 0 Å². The van der Waals surface area contributed by atoms with Gasteiger partial charge in [0.2, 0.25) is 0 Å². The highest BCUT2D eigenvalue weighted by Crippen LogP contribution is 2.27. The van der Waals surface area contributed by atoms with Crippen LogP contribution in [-0.2, 0) is 0 Å². The van der Waals surface area contributed by atoms with Crippen LogP contribution in [0.3, 0.4) is 0 Å². The minimum Gasteiger partial charge on any atom is -0.387 e. The summed E-state index contributed by atoms with van der Waals surface area (Å²) in [6.45, 7) is 4.23. The second kappa shape index (κ2) is 5.69. The zero-order valence-electron chi connectivity index (χ0n) is 8.87. The van der Waals surface area contributed by atoms with E-state index in [9.17, 15) is 5.11 Å². The maximum atomic E-state index is 9.85. The summed E-state index contributed by atoms with van der Waals surface area (Å²) in [5.41, 5.74) is 0.515. The molecule has 0 radical (unpaired) electrons. The number of aromatic nitrogens is 1. The van der Waals surface area contributed by atoms with E-state index in [1.165, 1.54) is 6.20 Å². The molecule has 1 rings (SSSR count). The summed E-state index contributed by atoms with van der Waals surface area (Å²) >= 11 is 11.7. The summed E-state index contributed by atoms with van der Waals surface area (Å²) in [5.74, 6) is 0.561. The van der Waals surface area contributed by atoms with Crippen LogP contribution in [0.5, 0.6) is 0 Å². The Morgan fingerprint density at radius 1 is 1.33 bits per heavy atom. The van der Waals surface area contributed by atoms with Crippen LogP contribution in [0.2, 0.25) is 10.0 Å². The minimum atomic E-state index is -0.600. The normalized spacial score (nSPS) is 13.2. The van der Waals surface area contributed by atoms with Crippen LogP contribution in [0.15, 0.2) is 12.3 Å². The molecular formula is C11H15Cl2NO. The van der Waals surface area contributed by atoms with Gasteiger partial charge in [0.25, 0.3) is 0 Å². The molecule has 0 aliphatic heterocycles. The van der Waals surface area contributed by atoms with Crippen LogP contribution in [0.4, 0.5) is 0 Å². The maximum absolute atomic E-state index is 9.85. The van der Waals surface area contributed by atoms with Crippen LogP contribution in [-0.4, -0.2) is 10.1 Å². The molecule has 1 N–H and O–H groups in total. The first-order chi connectivity index (χ1) is 7.00. The molecule has 0 saturated heterocycles. The predicted molar refractivity (Wildman–Crippen MR) is 63.3 cm³/mol. The second-order valence-electron chi connectivity index (χ2n) is 4.01. The van der Waals surface area contributed by atoms with Crippen molar-refractivity contribution in [3.05, 3.63) is 28.0 Å². The highest BCUT2D eigenvalue weighted by Gasteiger charge is 2.13. The Bertz CT molecular complexity index is 328. The van der Waals surface area contributed by atoms with Crippen molar-refractivity contribution in [1.82, 2.24) is 4.98 Å². The van der Waals surface area contributed by atoms with Crippen molar-refractivity contribution in [3.63, 3.8) is 0 Å². The highest BCUT2D eigenvalue weighted by atomic mass is 35.5. The molecule has 84 valence electrons. The van der Waals surface area contributed by atoms with Gasteiger partial charge in [-0.15, -0.1) is 0 Å². The summed E-state index contributed by atoms with van der Waals surface area (Å²) in [4.78, 5) is 4.04. The number of hydrogen-bond donors (Lipinski definition) is 1. The third-order valence-corrected chi connectivity index (χ3v) is 2.68. The van der Waals surface area contributed by atoms with Gasteiger partial charge in [0.1, 0.15) is 0 Å². The summed E-state index contributed by atoms with van der Waals surface area (Å²) in [6, 6.07) is 1.60. The molecule has 0 amide bonds. The van der Waals surface area contributed by atoms with Crippen LogP contribution in [0.25, 0.3) is 0 Å². The van der Waals surface area contributed by atoms with Crippen LogP contribution in [0.1, 0.15) is 38.5 Å². The molecule has 1 aromatic rings. The van der Waals surface area contributed by atoms with Crippen LogP contribution >= 0.6 is 23.2 Å². The number of halogens is 2. The van der Waals surface area contributed by atoms with Gasteiger partial charge < -0.3 is 5.11 Å². The second-order valence-corrected chi connectivity index (χ2v) is 4.85. The molecule has 15 heavy (non-hydrogen) atoms. The van der Waals surface area contributed by atoms with Crippen molar-refractivity contribution in [2.24, 2.45) is 5.92 Å². The monoisotopic (exact) mass is 247 g/mol. The third-order valence-electron chi connectivity index (χ3n) is 2.17. The fourth-order valence-corrected chi connectivity index (χ4v) is 1.80. The predicted octanol–water partition coefficient (Wildman–Crippen LogP) is 3.86. The van der Waals surface area contributed by atoms with Gasteiger partial charge in [-0.1, -0.05) is 37.0 Å². The Morgan fingerprint density at radius 2 is 2.00 bits per heavy atom. The number of nitrogens with zero attached hydrogens (tertiary/aromatic N) is 1. The Balaban J connectivity index is 2.69. The molecule has 0 aliphatic rings. The quantitative estimate of drug-likeness (QED) is 0.877. The third kappa shape index (κ3) is 3.98. The minimum absolute atomic E-state index is 0.429. The molecule has 0 fully saturated rings. The first-order valence-electron chi connectivity index (χ1n) is 4.99. The van der Waals surface area contributed by atoms with Crippen molar-refractivity contribution in [3.8, 4) is 0 Å². The van der Waals surface area contributed by atoms with E-state index in [2.05, 4.69) is 18.8 Å². The Kier molecular flexibility index (Phi) is 4.84. The van der Waals surface area contributed by atoms with E-state index in [1.54, 1.807) is 6.07 Å². The standard InChI is InChI=1S/C11H15Cl2NO/c1-7(2)3-4-10(15)11-9(13)5-8(12)6-14-11/h5-7,10,15H,3-4H2,1-2H3. The summed E-state index contributed by atoms with van der Waals surface area (Å²) in [5, 5.41) is 10.8. The Labute approximate surface area is 100 Å². The van der Waals surface area contributed by atoms with Gasteiger partial charge in [0.05, 0.1) is 21.8 Å². The number of pyridine rings is 1. The molecular weight excluding hydrogens is 233 g/mol. The number of aliphatic hydroxyl groups is 1. The summed E-state index contributed by atoms with van der Waals surface area (Å²) < 4.78 is 0. The fourth-order valence-electron chi connectivity index (χ4n) is 1.30. The van der Waals surface area contributed by atoms with Crippen LogP contribution in [0, 0.1) is 5.92 Å². The first-order valence-corrected chi connectivity index (χ1v) is 5.75. The van der Waals surface area contributed by atoms with Gasteiger partial charge in [-0.05, 0) is 24.8 Å². The lowest BCUT2D eigenvalue weighted by atomic mass is 10.0. The van der Waals surface area contributed by atoms with Gasteiger partial charge in [0, 0.05) is 6.20 Å². The van der Waals surface area contributed by atoms with Crippen molar-refractivity contribution in [2.45, 2.75) is 32.8 Å². The van der Waals surface area contributed by atoms with E-state index in [0.29, 0.717) is 28.1 Å². The Morgan fingerprint density at radius 3 is 2.53 bits per heavy atom. The number of aliphatic hydroxyl groups excluding tert-OH is 1. The van der Waals surface area contributed by atoms with E-state index in [1.807, 2.05) is 0 Å². The molecule has 1 aromatic heterocycles. The number of hydrogen-bond acceptors (Lipinski definition) is 2. The molecule has 0 spiro atoms. The summed E-state index contributed by atoms with van der Waals surface area (Å²) in [7, 11) is 0. The lowest BCUT2D eigenvalue weighted by molar-refractivity contribution is 0.155. The van der Waals surface area contributed by atoms with Crippen molar-refractivity contribution in [1.29, 1.82) is 0 Å².